The Morgan fingerprint density at radius 3 is 2.29 bits per heavy atom. The van der Waals surface area contributed by atoms with E-state index in [0.29, 0.717) is 5.56 Å². The monoisotopic (exact) mass is 240 g/mol. The molecular weight excluding hydrogens is 229 g/mol. The van der Waals surface area contributed by atoms with Gasteiger partial charge in [-0.25, -0.2) is 0 Å². The molecule has 1 N–H and O–H groups in total. The maximum atomic E-state index is 12.1. The van der Waals surface area contributed by atoms with Gasteiger partial charge >= 0.3 is 6.18 Å². The van der Waals surface area contributed by atoms with Gasteiger partial charge in [-0.15, -0.1) is 0 Å². The van der Waals surface area contributed by atoms with E-state index in [4.69, 9.17) is 0 Å². The van der Waals surface area contributed by atoms with Crippen LogP contribution in [0.5, 0.6) is 0 Å². The third-order valence-corrected chi connectivity index (χ3v) is 2.58. The molecule has 90 valence electrons. The average molecular weight is 240 g/mol. The van der Waals surface area contributed by atoms with Crippen molar-refractivity contribution in [1.82, 2.24) is 0 Å². The topological polar surface area (TPSA) is 20.2 Å². The molecule has 0 aliphatic rings. The Hall–Kier alpha value is -1.55. The van der Waals surface area contributed by atoms with E-state index in [1.807, 2.05) is 18.2 Å². The quantitative estimate of drug-likeness (QED) is 0.845. The van der Waals surface area contributed by atoms with Crippen LogP contribution >= 0.6 is 0 Å². The van der Waals surface area contributed by atoms with Gasteiger partial charge in [0.25, 0.3) is 0 Å². The molecule has 2 aromatic rings. The van der Waals surface area contributed by atoms with Crippen LogP contribution in [0.3, 0.4) is 0 Å². The van der Waals surface area contributed by atoms with Crippen LogP contribution in [0.4, 0.5) is 13.2 Å². The summed E-state index contributed by atoms with van der Waals surface area (Å²) in [6.45, 7) is 0. The van der Waals surface area contributed by atoms with Gasteiger partial charge in [-0.05, 0) is 22.4 Å². The highest BCUT2D eigenvalue weighted by Gasteiger charge is 2.31. The van der Waals surface area contributed by atoms with Gasteiger partial charge in [0.1, 0.15) is 0 Å². The molecule has 0 aliphatic carbocycles. The molecule has 1 nitrogen and oxygen atoms in total. The zero-order valence-electron chi connectivity index (χ0n) is 8.91. The summed E-state index contributed by atoms with van der Waals surface area (Å²) in [5.41, 5.74) is 0.293. The van der Waals surface area contributed by atoms with Crippen molar-refractivity contribution in [3.63, 3.8) is 0 Å². The summed E-state index contributed by atoms with van der Waals surface area (Å²) in [6, 6.07) is 12.2. The largest absolute Gasteiger partial charge is 0.391 e. The van der Waals surface area contributed by atoms with Crippen molar-refractivity contribution in [2.45, 2.75) is 18.7 Å². The van der Waals surface area contributed by atoms with E-state index in [1.165, 1.54) is 6.07 Å². The van der Waals surface area contributed by atoms with Crippen molar-refractivity contribution in [1.29, 1.82) is 0 Å². The van der Waals surface area contributed by atoms with Crippen molar-refractivity contribution in [3.05, 3.63) is 48.0 Å². The maximum Gasteiger partial charge on any atom is 0.391 e. The molecule has 2 aromatic carbocycles. The van der Waals surface area contributed by atoms with Gasteiger partial charge in [-0.1, -0.05) is 36.4 Å². The fourth-order valence-electron chi connectivity index (χ4n) is 1.75. The molecule has 0 amide bonds. The molecule has 0 aromatic heterocycles. The van der Waals surface area contributed by atoms with Crippen LogP contribution in [-0.4, -0.2) is 11.3 Å². The highest BCUT2D eigenvalue weighted by Crippen LogP contribution is 2.30. The Morgan fingerprint density at radius 1 is 1.00 bits per heavy atom. The molecule has 0 spiro atoms. The lowest BCUT2D eigenvalue weighted by atomic mass is 10.0. The van der Waals surface area contributed by atoms with Crippen LogP contribution in [-0.2, 0) is 0 Å². The molecule has 0 saturated heterocycles. The second kappa shape index (κ2) is 4.37. The number of aliphatic hydroxyl groups excluding tert-OH is 1. The number of halogens is 3. The van der Waals surface area contributed by atoms with Gasteiger partial charge in [0.2, 0.25) is 0 Å². The summed E-state index contributed by atoms with van der Waals surface area (Å²) in [7, 11) is 0. The molecule has 0 radical (unpaired) electrons. The minimum Gasteiger partial charge on any atom is -0.388 e. The number of rotatable bonds is 2. The molecular formula is C13H11F3O. The highest BCUT2D eigenvalue weighted by molar-refractivity contribution is 5.83. The molecule has 0 heterocycles. The van der Waals surface area contributed by atoms with Crippen LogP contribution in [0.25, 0.3) is 10.8 Å². The number of alkyl halides is 3. The zero-order valence-corrected chi connectivity index (χ0v) is 8.91. The molecule has 1 atom stereocenters. The number of aliphatic hydroxyl groups is 1. The smallest absolute Gasteiger partial charge is 0.388 e. The third kappa shape index (κ3) is 2.97. The zero-order chi connectivity index (χ0) is 12.5. The predicted octanol–water partition coefficient (Wildman–Crippen LogP) is 3.83. The second-order valence-electron chi connectivity index (χ2n) is 3.94. The first kappa shape index (κ1) is 11.9. The lowest BCUT2D eigenvalue weighted by molar-refractivity contribution is -0.154. The maximum absolute atomic E-state index is 12.1. The number of benzene rings is 2. The van der Waals surface area contributed by atoms with Crippen molar-refractivity contribution in [2.75, 3.05) is 0 Å². The molecule has 4 heteroatoms. The predicted molar refractivity (Wildman–Crippen MR) is 59.6 cm³/mol. The van der Waals surface area contributed by atoms with Crippen molar-refractivity contribution in [2.24, 2.45) is 0 Å². The van der Waals surface area contributed by atoms with Gasteiger partial charge in [-0.3, -0.25) is 0 Å². The number of fused-ring (bicyclic) bond motifs is 1. The minimum atomic E-state index is -4.36. The summed E-state index contributed by atoms with van der Waals surface area (Å²) in [5, 5.41) is 11.3. The Labute approximate surface area is 96.5 Å². The highest BCUT2D eigenvalue weighted by atomic mass is 19.4. The van der Waals surface area contributed by atoms with Gasteiger partial charge < -0.3 is 5.11 Å². The van der Waals surface area contributed by atoms with Crippen molar-refractivity contribution >= 4 is 10.8 Å². The molecule has 17 heavy (non-hydrogen) atoms. The number of hydrogen-bond donors (Lipinski definition) is 1. The van der Waals surface area contributed by atoms with Crippen molar-refractivity contribution < 1.29 is 18.3 Å². The fraction of sp³-hybridized carbons (Fsp3) is 0.231. The van der Waals surface area contributed by atoms with Gasteiger partial charge in [0, 0.05) is 0 Å². The van der Waals surface area contributed by atoms with E-state index < -0.39 is 18.7 Å². The van der Waals surface area contributed by atoms with E-state index in [1.54, 1.807) is 18.2 Å². The van der Waals surface area contributed by atoms with Crippen LogP contribution < -0.4 is 0 Å². The van der Waals surface area contributed by atoms with Crippen LogP contribution in [0.1, 0.15) is 18.1 Å². The first-order valence-corrected chi connectivity index (χ1v) is 5.19. The Kier molecular flexibility index (Phi) is 3.07. The molecule has 0 aliphatic heterocycles. The normalized spacial score (nSPS) is 13.9. The Balaban J connectivity index is 2.30. The Morgan fingerprint density at radius 2 is 1.65 bits per heavy atom. The SMILES string of the molecule is OC(CC(F)(F)F)c1ccc2ccccc2c1. The number of hydrogen-bond acceptors (Lipinski definition) is 1. The van der Waals surface area contributed by atoms with E-state index in [-0.39, 0.29) is 0 Å². The minimum absolute atomic E-state index is 0.293. The average Bonchev–Trinajstić information content (AvgIpc) is 2.26. The molecule has 0 saturated carbocycles. The van der Waals surface area contributed by atoms with Gasteiger partial charge in [0.15, 0.2) is 0 Å². The van der Waals surface area contributed by atoms with E-state index in [2.05, 4.69) is 0 Å². The fourth-order valence-corrected chi connectivity index (χ4v) is 1.75. The van der Waals surface area contributed by atoms with Gasteiger partial charge in [0.05, 0.1) is 12.5 Å². The summed E-state index contributed by atoms with van der Waals surface area (Å²) < 4.78 is 36.4. The standard InChI is InChI=1S/C13H11F3O/c14-13(15,16)8-12(17)11-6-5-9-3-1-2-4-10(9)7-11/h1-7,12,17H,8H2. The first-order valence-electron chi connectivity index (χ1n) is 5.19. The Bertz CT molecular complexity index is 519. The van der Waals surface area contributed by atoms with Gasteiger partial charge in [-0.2, -0.15) is 13.2 Å². The molecule has 1 unspecified atom stereocenters. The summed E-state index contributed by atoms with van der Waals surface area (Å²) in [4.78, 5) is 0. The summed E-state index contributed by atoms with van der Waals surface area (Å²) in [5.74, 6) is 0. The van der Waals surface area contributed by atoms with Crippen LogP contribution in [0.15, 0.2) is 42.5 Å². The third-order valence-electron chi connectivity index (χ3n) is 2.58. The second-order valence-corrected chi connectivity index (χ2v) is 3.94. The lowest BCUT2D eigenvalue weighted by Crippen LogP contribution is -2.13. The molecule has 0 bridgehead atoms. The molecule has 0 fully saturated rings. The lowest BCUT2D eigenvalue weighted by Gasteiger charge is -2.14. The van der Waals surface area contributed by atoms with Crippen LogP contribution in [0, 0.1) is 0 Å². The summed E-state index contributed by atoms with van der Waals surface area (Å²) >= 11 is 0. The van der Waals surface area contributed by atoms with Crippen molar-refractivity contribution in [3.8, 4) is 0 Å². The molecule has 2 rings (SSSR count). The van der Waals surface area contributed by atoms with E-state index in [9.17, 15) is 18.3 Å². The first-order chi connectivity index (χ1) is 7.96. The van der Waals surface area contributed by atoms with Crippen LogP contribution in [0.2, 0.25) is 0 Å². The summed E-state index contributed by atoms with van der Waals surface area (Å²) in [6.07, 6.45) is -7.07. The van der Waals surface area contributed by atoms with E-state index >= 15 is 0 Å². The van der Waals surface area contributed by atoms with E-state index in [0.717, 1.165) is 10.8 Å².